The van der Waals surface area contributed by atoms with Crippen molar-refractivity contribution >= 4 is 11.6 Å². The van der Waals surface area contributed by atoms with E-state index in [0.717, 1.165) is 23.8 Å². The smallest absolute Gasteiger partial charge is 0.137 e. The van der Waals surface area contributed by atoms with Crippen molar-refractivity contribution in [2.75, 3.05) is 17.2 Å². The molecule has 0 aromatic carbocycles. The SMILES string of the molecule is Cc1c(N)nc(C2CC2)nc1N1CCCC1(C)C. The minimum absolute atomic E-state index is 0.187. The third-order valence-electron chi connectivity index (χ3n) is 4.27. The van der Waals surface area contributed by atoms with E-state index in [0.29, 0.717) is 11.7 Å². The standard InChI is InChI=1S/C14H22N4/c1-9-11(15)16-12(10-5-6-10)17-13(9)18-8-4-7-14(18,2)3/h10H,4-8H2,1-3H3,(H2,15,16,17). The summed E-state index contributed by atoms with van der Waals surface area (Å²) in [7, 11) is 0. The zero-order valence-electron chi connectivity index (χ0n) is 11.5. The Kier molecular flexibility index (Phi) is 2.50. The molecule has 0 spiro atoms. The second-order valence-electron chi connectivity index (χ2n) is 6.26. The van der Waals surface area contributed by atoms with E-state index >= 15 is 0 Å². The fraction of sp³-hybridized carbons (Fsp3) is 0.714. The van der Waals surface area contributed by atoms with E-state index in [1.807, 2.05) is 6.92 Å². The molecule has 4 nitrogen and oxygen atoms in total. The van der Waals surface area contributed by atoms with Crippen molar-refractivity contribution in [3.05, 3.63) is 11.4 Å². The summed E-state index contributed by atoms with van der Waals surface area (Å²) in [5, 5.41) is 0. The first-order chi connectivity index (χ1) is 8.49. The zero-order chi connectivity index (χ0) is 12.9. The molecule has 1 aliphatic heterocycles. The van der Waals surface area contributed by atoms with E-state index < -0.39 is 0 Å². The molecule has 2 heterocycles. The number of rotatable bonds is 2. The Labute approximate surface area is 109 Å². The molecule has 1 saturated carbocycles. The average molecular weight is 246 g/mol. The van der Waals surface area contributed by atoms with Gasteiger partial charge in [0.2, 0.25) is 0 Å². The molecule has 0 bridgehead atoms. The predicted octanol–water partition coefficient (Wildman–Crippen LogP) is 2.62. The van der Waals surface area contributed by atoms with Crippen molar-refractivity contribution < 1.29 is 0 Å². The predicted molar refractivity (Wildman–Crippen MR) is 73.8 cm³/mol. The molecule has 0 atom stereocenters. The van der Waals surface area contributed by atoms with Crippen LogP contribution in [0.15, 0.2) is 0 Å². The molecule has 98 valence electrons. The average Bonchev–Trinajstić information content (AvgIpc) is 3.07. The molecule has 1 aromatic heterocycles. The number of nitrogen functional groups attached to an aromatic ring is 1. The van der Waals surface area contributed by atoms with Gasteiger partial charge in [0.25, 0.3) is 0 Å². The molecule has 2 fully saturated rings. The minimum Gasteiger partial charge on any atom is -0.383 e. The van der Waals surface area contributed by atoms with Crippen LogP contribution in [0.3, 0.4) is 0 Å². The van der Waals surface area contributed by atoms with E-state index in [2.05, 4.69) is 23.7 Å². The van der Waals surface area contributed by atoms with Gasteiger partial charge in [0.1, 0.15) is 17.5 Å². The van der Waals surface area contributed by atoms with Crippen LogP contribution in [0, 0.1) is 6.92 Å². The van der Waals surface area contributed by atoms with Crippen molar-refractivity contribution in [1.29, 1.82) is 0 Å². The fourth-order valence-corrected chi connectivity index (χ4v) is 2.83. The molecule has 0 radical (unpaired) electrons. The van der Waals surface area contributed by atoms with Crippen LogP contribution >= 0.6 is 0 Å². The van der Waals surface area contributed by atoms with Crippen LogP contribution in [0.25, 0.3) is 0 Å². The summed E-state index contributed by atoms with van der Waals surface area (Å²) in [6, 6.07) is 0. The molecule has 2 aliphatic rings. The monoisotopic (exact) mass is 246 g/mol. The molecule has 3 rings (SSSR count). The molecule has 1 aromatic rings. The Balaban J connectivity index is 2.04. The largest absolute Gasteiger partial charge is 0.383 e. The molecule has 0 unspecified atom stereocenters. The summed E-state index contributed by atoms with van der Waals surface area (Å²) in [5.74, 6) is 3.23. The van der Waals surface area contributed by atoms with E-state index in [-0.39, 0.29) is 5.54 Å². The van der Waals surface area contributed by atoms with Gasteiger partial charge in [-0.1, -0.05) is 0 Å². The molecule has 1 saturated heterocycles. The molecular weight excluding hydrogens is 224 g/mol. The second kappa shape index (κ2) is 3.84. The van der Waals surface area contributed by atoms with Crippen LogP contribution in [-0.4, -0.2) is 22.1 Å². The van der Waals surface area contributed by atoms with E-state index in [1.165, 1.54) is 25.7 Å². The normalized spacial score (nSPS) is 22.5. The first-order valence-electron chi connectivity index (χ1n) is 6.91. The quantitative estimate of drug-likeness (QED) is 0.871. The summed E-state index contributed by atoms with van der Waals surface area (Å²) in [5.41, 5.74) is 7.29. The third-order valence-corrected chi connectivity index (χ3v) is 4.27. The molecular formula is C14H22N4. The van der Waals surface area contributed by atoms with Crippen molar-refractivity contribution in [3.8, 4) is 0 Å². The lowest BCUT2D eigenvalue weighted by Gasteiger charge is -2.34. The highest BCUT2D eigenvalue weighted by Gasteiger charge is 2.35. The van der Waals surface area contributed by atoms with Crippen LogP contribution < -0.4 is 10.6 Å². The highest BCUT2D eigenvalue weighted by atomic mass is 15.3. The van der Waals surface area contributed by atoms with Crippen LogP contribution in [0.1, 0.15) is 56.8 Å². The maximum atomic E-state index is 6.07. The Morgan fingerprint density at radius 2 is 2.00 bits per heavy atom. The van der Waals surface area contributed by atoms with Crippen LogP contribution in [0.5, 0.6) is 0 Å². The summed E-state index contributed by atoms with van der Waals surface area (Å²) in [6.45, 7) is 7.69. The Hall–Kier alpha value is -1.32. The molecule has 0 amide bonds. The number of nitrogens with two attached hydrogens (primary N) is 1. The number of anilines is 2. The Morgan fingerprint density at radius 1 is 1.28 bits per heavy atom. The first-order valence-corrected chi connectivity index (χ1v) is 6.91. The van der Waals surface area contributed by atoms with Crippen LogP contribution in [0.2, 0.25) is 0 Å². The van der Waals surface area contributed by atoms with Gasteiger partial charge in [0, 0.05) is 23.6 Å². The number of hydrogen-bond acceptors (Lipinski definition) is 4. The highest BCUT2D eigenvalue weighted by molar-refractivity contribution is 5.58. The van der Waals surface area contributed by atoms with Gasteiger partial charge in [-0.3, -0.25) is 0 Å². The van der Waals surface area contributed by atoms with Gasteiger partial charge >= 0.3 is 0 Å². The Morgan fingerprint density at radius 3 is 2.56 bits per heavy atom. The number of nitrogens with zero attached hydrogens (tertiary/aromatic N) is 3. The van der Waals surface area contributed by atoms with E-state index in [4.69, 9.17) is 10.7 Å². The maximum absolute atomic E-state index is 6.07. The van der Waals surface area contributed by atoms with Gasteiger partial charge in [-0.15, -0.1) is 0 Å². The minimum atomic E-state index is 0.187. The van der Waals surface area contributed by atoms with E-state index in [9.17, 15) is 0 Å². The lowest BCUT2D eigenvalue weighted by molar-refractivity contribution is 0.512. The van der Waals surface area contributed by atoms with Gasteiger partial charge in [0.15, 0.2) is 0 Å². The van der Waals surface area contributed by atoms with Crippen molar-refractivity contribution in [2.45, 2.75) is 57.9 Å². The van der Waals surface area contributed by atoms with Crippen molar-refractivity contribution in [1.82, 2.24) is 9.97 Å². The van der Waals surface area contributed by atoms with Gasteiger partial charge in [-0.2, -0.15) is 0 Å². The molecule has 2 N–H and O–H groups in total. The third kappa shape index (κ3) is 1.84. The zero-order valence-corrected chi connectivity index (χ0v) is 11.5. The van der Waals surface area contributed by atoms with Crippen molar-refractivity contribution in [3.63, 3.8) is 0 Å². The fourth-order valence-electron chi connectivity index (χ4n) is 2.83. The van der Waals surface area contributed by atoms with Crippen LogP contribution in [0.4, 0.5) is 11.6 Å². The van der Waals surface area contributed by atoms with Gasteiger partial charge in [0.05, 0.1) is 0 Å². The van der Waals surface area contributed by atoms with Crippen LogP contribution in [-0.2, 0) is 0 Å². The van der Waals surface area contributed by atoms with Gasteiger partial charge in [-0.25, -0.2) is 9.97 Å². The van der Waals surface area contributed by atoms with Gasteiger partial charge in [-0.05, 0) is 46.5 Å². The molecule has 4 heteroatoms. The first kappa shape index (κ1) is 11.8. The lowest BCUT2D eigenvalue weighted by atomic mass is 10.0. The number of hydrogen-bond donors (Lipinski definition) is 1. The summed E-state index contributed by atoms with van der Waals surface area (Å²) in [6.07, 6.45) is 4.88. The lowest BCUT2D eigenvalue weighted by Crippen LogP contribution is -2.39. The number of aromatic nitrogens is 2. The topological polar surface area (TPSA) is 55.0 Å². The van der Waals surface area contributed by atoms with E-state index in [1.54, 1.807) is 0 Å². The molecule has 1 aliphatic carbocycles. The van der Waals surface area contributed by atoms with Crippen molar-refractivity contribution in [2.24, 2.45) is 0 Å². The highest BCUT2D eigenvalue weighted by Crippen LogP contribution is 2.41. The Bertz CT molecular complexity index is 477. The molecule has 18 heavy (non-hydrogen) atoms. The van der Waals surface area contributed by atoms with Gasteiger partial charge < -0.3 is 10.6 Å². The second-order valence-corrected chi connectivity index (χ2v) is 6.26. The summed E-state index contributed by atoms with van der Waals surface area (Å²) in [4.78, 5) is 11.7. The maximum Gasteiger partial charge on any atom is 0.137 e. The summed E-state index contributed by atoms with van der Waals surface area (Å²) < 4.78 is 0. The summed E-state index contributed by atoms with van der Waals surface area (Å²) >= 11 is 0.